The molecule has 0 radical (unpaired) electrons. The molecule has 43 heavy (non-hydrogen) atoms. The molecule has 2 fully saturated rings. The van der Waals surface area contributed by atoms with Gasteiger partial charge in [0.2, 0.25) is 0 Å². The molecule has 4 heterocycles. The van der Waals surface area contributed by atoms with E-state index in [1.807, 2.05) is 59.6 Å². The van der Waals surface area contributed by atoms with Crippen LogP contribution < -0.4 is 9.80 Å². The molecule has 2 saturated heterocycles. The Kier molecular flexibility index (Phi) is 11.6. The Labute approximate surface area is 265 Å². The maximum Gasteiger partial charge on any atom is 0.269 e. The number of halogens is 1. The van der Waals surface area contributed by atoms with E-state index in [1.54, 1.807) is 24.3 Å². The molecule has 11 nitrogen and oxygen atoms in total. The van der Waals surface area contributed by atoms with Crippen LogP contribution in [0.3, 0.4) is 0 Å². The zero-order valence-electron chi connectivity index (χ0n) is 24.6. The maximum atomic E-state index is 10.7. The predicted octanol–water partition coefficient (Wildman–Crippen LogP) is 6.93. The molecule has 6 rings (SSSR count). The molecule has 3 aliphatic heterocycles. The molecule has 0 bridgehead atoms. The van der Waals surface area contributed by atoms with E-state index in [2.05, 4.69) is 48.6 Å². The summed E-state index contributed by atoms with van der Waals surface area (Å²) in [7, 11) is 1.99. The number of anilines is 2. The molecule has 0 aliphatic carbocycles. The topological polar surface area (TPSA) is 123 Å². The van der Waals surface area contributed by atoms with Gasteiger partial charge in [-0.05, 0) is 66.4 Å². The molecular formula is C31H38IN7O4. The van der Waals surface area contributed by atoms with Gasteiger partial charge in [-0.25, -0.2) is 4.98 Å². The third kappa shape index (κ3) is 8.62. The summed E-state index contributed by atoms with van der Waals surface area (Å²) in [4.78, 5) is 35.8. The number of imidazole rings is 1. The second kappa shape index (κ2) is 15.6. The third-order valence-corrected chi connectivity index (χ3v) is 8.18. The Morgan fingerprint density at radius 2 is 1.23 bits per heavy atom. The number of nitro groups is 2. The van der Waals surface area contributed by atoms with E-state index in [0.717, 1.165) is 69.7 Å². The van der Waals surface area contributed by atoms with E-state index in [-0.39, 0.29) is 21.2 Å². The average molecular weight is 700 g/mol. The lowest BCUT2D eigenvalue weighted by Crippen LogP contribution is -2.34. The monoisotopic (exact) mass is 699 g/mol. The van der Waals surface area contributed by atoms with E-state index < -0.39 is 0 Å². The first-order chi connectivity index (χ1) is 20.9. The highest BCUT2D eigenvalue weighted by molar-refractivity contribution is 14.1. The zero-order chi connectivity index (χ0) is 30.8. The predicted molar refractivity (Wildman–Crippen MR) is 180 cm³/mol. The van der Waals surface area contributed by atoms with Crippen LogP contribution in [0.4, 0.5) is 22.7 Å². The van der Waals surface area contributed by atoms with Gasteiger partial charge in [0.15, 0.2) is 0 Å². The second-order valence-electron chi connectivity index (χ2n) is 10.8. The van der Waals surface area contributed by atoms with Crippen molar-refractivity contribution in [1.29, 1.82) is 0 Å². The minimum absolute atomic E-state index is 0.141. The molecular weight excluding hydrogens is 661 g/mol. The van der Waals surface area contributed by atoms with Crippen LogP contribution in [0, 0.1) is 26.1 Å². The van der Waals surface area contributed by atoms with Gasteiger partial charge in [0, 0.05) is 99.8 Å². The van der Waals surface area contributed by atoms with Gasteiger partial charge in [0.25, 0.3) is 11.4 Å². The lowest BCUT2D eigenvalue weighted by Gasteiger charge is -2.34. The fourth-order valence-corrected chi connectivity index (χ4v) is 5.79. The standard InChI is InChI=1S/C15H18N4O2.C15H17N3O2.CH3I/c1-17-10-15(16-11-17)12-6-8-18(9-7-12)13-2-4-14(5-3-13)19(20)21;19-18(20)15-3-1-14(2-4-15)17-9-6-12(7-10-17)13-5-8-16-11-13;1-2/h2-5,10-12H,6-9H2,1H3;1-4,8,11-12H,5-7,9-10H2;1H3. The maximum absolute atomic E-state index is 10.7. The van der Waals surface area contributed by atoms with E-state index in [9.17, 15) is 20.2 Å². The lowest BCUT2D eigenvalue weighted by atomic mass is 9.88. The van der Waals surface area contributed by atoms with Gasteiger partial charge in [-0.3, -0.25) is 25.2 Å². The number of rotatable bonds is 6. The van der Waals surface area contributed by atoms with Gasteiger partial charge in [-0.1, -0.05) is 22.6 Å². The fourth-order valence-electron chi connectivity index (χ4n) is 5.79. The summed E-state index contributed by atoms with van der Waals surface area (Å²) in [5.41, 5.74) is 5.04. The quantitative estimate of drug-likeness (QED) is 0.118. The van der Waals surface area contributed by atoms with Gasteiger partial charge in [0.05, 0.1) is 21.9 Å². The molecule has 3 aromatic rings. The van der Waals surface area contributed by atoms with Crippen molar-refractivity contribution in [3.8, 4) is 0 Å². The lowest BCUT2D eigenvalue weighted by molar-refractivity contribution is -0.385. The molecule has 0 amide bonds. The Hall–Kier alpha value is -3.81. The van der Waals surface area contributed by atoms with E-state index in [4.69, 9.17) is 0 Å². The summed E-state index contributed by atoms with van der Waals surface area (Å²) >= 11 is 2.15. The van der Waals surface area contributed by atoms with Crippen molar-refractivity contribution in [1.82, 2.24) is 9.55 Å². The van der Waals surface area contributed by atoms with Gasteiger partial charge >= 0.3 is 0 Å². The number of aromatic nitrogens is 2. The van der Waals surface area contributed by atoms with Crippen LogP contribution in [-0.4, -0.2) is 56.7 Å². The zero-order valence-corrected chi connectivity index (χ0v) is 26.7. The highest BCUT2D eigenvalue weighted by Gasteiger charge is 2.24. The van der Waals surface area contributed by atoms with Crippen molar-refractivity contribution < 1.29 is 9.85 Å². The summed E-state index contributed by atoms with van der Waals surface area (Å²) < 4.78 is 1.98. The average Bonchev–Trinajstić information content (AvgIpc) is 3.75. The molecule has 0 saturated carbocycles. The summed E-state index contributed by atoms with van der Waals surface area (Å²) in [6.07, 6.45) is 13.3. The normalized spacial score (nSPS) is 17.0. The van der Waals surface area contributed by atoms with Crippen molar-refractivity contribution in [2.75, 3.05) is 40.9 Å². The van der Waals surface area contributed by atoms with Gasteiger partial charge in [-0.2, -0.15) is 0 Å². The van der Waals surface area contributed by atoms with Gasteiger partial charge < -0.3 is 14.4 Å². The first kappa shape index (κ1) is 32.1. The molecule has 0 unspecified atom stereocenters. The molecule has 3 aliphatic rings. The van der Waals surface area contributed by atoms with Crippen LogP contribution in [0.2, 0.25) is 0 Å². The van der Waals surface area contributed by atoms with E-state index in [1.165, 1.54) is 11.3 Å². The molecule has 0 spiro atoms. The van der Waals surface area contributed by atoms with Crippen LogP contribution >= 0.6 is 22.6 Å². The molecule has 1 aromatic heterocycles. The number of hydrogen-bond donors (Lipinski definition) is 0. The Balaban J connectivity index is 0.000000186. The fraction of sp³-hybridized carbons (Fsp3) is 0.419. The number of nitrogens with zero attached hydrogens (tertiary/aromatic N) is 7. The SMILES string of the molecule is CI.Cn1cnc(C2CCN(c3ccc([N+](=O)[O-])cc3)CC2)c1.O=[N+]([O-])c1ccc(N2CCC(C3=CN=CC3)CC2)cc1. The van der Waals surface area contributed by atoms with E-state index >= 15 is 0 Å². The largest absolute Gasteiger partial charge is 0.371 e. The highest BCUT2D eigenvalue weighted by atomic mass is 127. The molecule has 228 valence electrons. The Morgan fingerprint density at radius 3 is 1.60 bits per heavy atom. The molecule has 12 heteroatoms. The summed E-state index contributed by atoms with van der Waals surface area (Å²) in [5, 5.41) is 21.3. The number of nitro benzene ring substituents is 2. The van der Waals surface area contributed by atoms with Crippen molar-refractivity contribution in [3.63, 3.8) is 0 Å². The highest BCUT2D eigenvalue weighted by Crippen LogP contribution is 2.32. The summed E-state index contributed by atoms with van der Waals surface area (Å²) in [5.74, 6) is 1.16. The first-order valence-corrected chi connectivity index (χ1v) is 16.6. The number of aliphatic imine (C=N–C) groups is 1. The minimum atomic E-state index is -0.364. The smallest absolute Gasteiger partial charge is 0.269 e. The summed E-state index contributed by atoms with van der Waals surface area (Å²) in [6, 6.07) is 13.6. The van der Waals surface area contributed by atoms with Crippen LogP contribution in [0.15, 0.2) is 77.8 Å². The number of hydrogen-bond acceptors (Lipinski definition) is 8. The number of non-ortho nitro benzene ring substituents is 2. The molecule has 0 atom stereocenters. The van der Waals surface area contributed by atoms with Crippen molar-refractivity contribution in [2.24, 2.45) is 18.0 Å². The van der Waals surface area contributed by atoms with E-state index in [0.29, 0.717) is 11.8 Å². The number of allylic oxidation sites excluding steroid dienone is 1. The minimum Gasteiger partial charge on any atom is -0.371 e. The Morgan fingerprint density at radius 1 is 0.767 bits per heavy atom. The Bertz CT molecular complexity index is 1410. The number of piperidine rings is 2. The second-order valence-corrected chi connectivity index (χ2v) is 10.8. The number of benzene rings is 2. The van der Waals surface area contributed by atoms with Crippen LogP contribution in [-0.2, 0) is 7.05 Å². The number of aryl methyl sites for hydroxylation is 1. The van der Waals surface area contributed by atoms with Crippen molar-refractivity contribution in [3.05, 3.63) is 98.8 Å². The molecule has 0 N–H and O–H groups in total. The molecule has 2 aromatic carbocycles. The van der Waals surface area contributed by atoms with Crippen molar-refractivity contribution in [2.45, 2.75) is 38.0 Å². The summed E-state index contributed by atoms with van der Waals surface area (Å²) in [6.45, 7) is 3.91. The van der Waals surface area contributed by atoms with Crippen LogP contribution in [0.1, 0.15) is 43.7 Å². The number of alkyl halides is 1. The first-order valence-electron chi connectivity index (χ1n) is 14.4. The van der Waals surface area contributed by atoms with Gasteiger partial charge in [-0.15, -0.1) is 0 Å². The van der Waals surface area contributed by atoms with Crippen LogP contribution in [0.25, 0.3) is 0 Å². The van der Waals surface area contributed by atoms with Gasteiger partial charge in [0.1, 0.15) is 0 Å². The van der Waals surface area contributed by atoms with Crippen LogP contribution in [0.5, 0.6) is 0 Å². The third-order valence-electron chi connectivity index (χ3n) is 8.18. The van der Waals surface area contributed by atoms with Crippen molar-refractivity contribution >= 4 is 51.6 Å².